The minimum absolute atomic E-state index is 0.416. The Hall–Kier alpha value is -1.77. The average Bonchev–Trinajstić information content (AvgIpc) is 2.89. The van der Waals surface area contributed by atoms with Crippen molar-refractivity contribution in [2.75, 3.05) is 24.2 Å². The highest BCUT2D eigenvalue weighted by Crippen LogP contribution is 2.31. The van der Waals surface area contributed by atoms with Crippen LogP contribution in [-0.2, 0) is 0 Å². The average molecular weight is 285 g/mol. The molecular formula is C15H15N3OS. The van der Waals surface area contributed by atoms with Gasteiger partial charge in [-0.15, -0.1) is 18.2 Å². The van der Waals surface area contributed by atoms with Crippen molar-refractivity contribution in [2.24, 2.45) is 0 Å². The fourth-order valence-corrected chi connectivity index (χ4v) is 2.93. The Labute approximate surface area is 122 Å². The van der Waals surface area contributed by atoms with Crippen molar-refractivity contribution in [3.63, 3.8) is 0 Å². The number of hydrogen-bond donors (Lipinski definition) is 1. The van der Waals surface area contributed by atoms with E-state index in [9.17, 15) is 5.11 Å². The van der Waals surface area contributed by atoms with Crippen LogP contribution in [0.1, 0.15) is 6.42 Å². The fourth-order valence-electron chi connectivity index (χ4n) is 2.49. The Bertz CT molecular complexity index is 697. The third-order valence-electron chi connectivity index (χ3n) is 3.64. The van der Waals surface area contributed by atoms with Crippen LogP contribution in [0.15, 0.2) is 29.4 Å². The Balaban J connectivity index is 2.06. The van der Waals surface area contributed by atoms with E-state index in [-0.39, 0.29) is 0 Å². The lowest BCUT2D eigenvalue weighted by Crippen LogP contribution is -2.31. The number of aliphatic hydroxyl groups is 1. The number of thioether (sulfide) groups is 1. The lowest BCUT2D eigenvalue weighted by atomic mass is 10.1. The number of anilines is 1. The third-order valence-corrected chi connectivity index (χ3v) is 4.36. The first kappa shape index (κ1) is 13.2. The SMILES string of the molecule is C#CC1(O)CCN(c2ncnc3ccc(SC)cc23)C1. The Kier molecular flexibility index (Phi) is 3.28. The van der Waals surface area contributed by atoms with Crippen molar-refractivity contribution in [2.45, 2.75) is 16.9 Å². The Morgan fingerprint density at radius 3 is 3.00 bits per heavy atom. The molecule has 1 aliphatic heterocycles. The molecule has 1 saturated heterocycles. The van der Waals surface area contributed by atoms with Gasteiger partial charge in [0.2, 0.25) is 0 Å². The van der Waals surface area contributed by atoms with Gasteiger partial charge in [-0.3, -0.25) is 0 Å². The number of benzene rings is 1. The molecule has 0 amide bonds. The summed E-state index contributed by atoms with van der Waals surface area (Å²) < 4.78 is 0. The van der Waals surface area contributed by atoms with E-state index in [1.165, 1.54) is 4.90 Å². The maximum absolute atomic E-state index is 10.2. The second-order valence-corrected chi connectivity index (χ2v) is 5.81. The van der Waals surface area contributed by atoms with Crippen LogP contribution >= 0.6 is 11.8 Å². The molecular weight excluding hydrogens is 270 g/mol. The van der Waals surface area contributed by atoms with Gasteiger partial charge < -0.3 is 10.0 Å². The van der Waals surface area contributed by atoms with Gasteiger partial charge in [0.15, 0.2) is 0 Å². The van der Waals surface area contributed by atoms with Gasteiger partial charge in [0.25, 0.3) is 0 Å². The van der Waals surface area contributed by atoms with Gasteiger partial charge in [-0.05, 0) is 24.5 Å². The first-order chi connectivity index (χ1) is 9.65. The molecule has 0 spiro atoms. The van der Waals surface area contributed by atoms with E-state index in [4.69, 9.17) is 6.42 Å². The summed E-state index contributed by atoms with van der Waals surface area (Å²) in [4.78, 5) is 11.9. The van der Waals surface area contributed by atoms with Crippen LogP contribution in [0, 0.1) is 12.3 Å². The summed E-state index contributed by atoms with van der Waals surface area (Å²) >= 11 is 1.68. The summed E-state index contributed by atoms with van der Waals surface area (Å²) in [6.45, 7) is 1.12. The molecule has 102 valence electrons. The molecule has 1 atom stereocenters. The van der Waals surface area contributed by atoms with Gasteiger partial charge >= 0.3 is 0 Å². The van der Waals surface area contributed by atoms with E-state index in [0.717, 1.165) is 16.7 Å². The van der Waals surface area contributed by atoms with E-state index in [0.29, 0.717) is 19.5 Å². The summed E-state index contributed by atoms with van der Waals surface area (Å²) in [6.07, 6.45) is 9.57. The topological polar surface area (TPSA) is 49.2 Å². The molecule has 1 fully saturated rings. The number of aromatic nitrogens is 2. The largest absolute Gasteiger partial charge is 0.376 e. The van der Waals surface area contributed by atoms with Gasteiger partial charge in [-0.2, -0.15) is 0 Å². The summed E-state index contributed by atoms with van der Waals surface area (Å²) in [5, 5.41) is 11.2. The normalized spacial score (nSPS) is 22.1. The van der Waals surface area contributed by atoms with E-state index in [2.05, 4.69) is 22.0 Å². The van der Waals surface area contributed by atoms with Gasteiger partial charge in [-0.1, -0.05) is 5.92 Å². The van der Waals surface area contributed by atoms with E-state index in [1.54, 1.807) is 18.1 Å². The molecule has 20 heavy (non-hydrogen) atoms. The number of rotatable bonds is 2. The Morgan fingerprint density at radius 1 is 1.45 bits per heavy atom. The molecule has 0 saturated carbocycles. The molecule has 0 bridgehead atoms. The smallest absolute Gasteiger partial charge is 0.144 e. The van der Waals surface area contributed by atoms with Crippen LogP contribution < -0.4 is 4.90 Å². The minimum Gasteiger partial charge on any atom is -0.376 e. The third kappa shape index (κ3) is 2.21. The van der Waals surface area contributed by atoms with Crippen LogP contribution in [0.3, 0.4) is 0 Å². The van der Waals surface area contributed by atoms with Crippen molar-refractivity contribution < 1.29 is 5.11 Å². The maximum Gasteiger partial charge on any atom is 0.144 e. The van der Waals surface area contributed by atoms with Crippen LogP contribution in [-0.4, -0.2) is 40.0 Å². The molecule has 1 aromatic heterocycles. The predicted molar refractivity (Wildman–Crippen MR) is 81.9 cm³/mol. The molecule has 4 nitrogen and oxygen atoms in total. The number of hydrogen-bond acceptors (Lipinski definition) is 5. The summed E-state index contributed by atoms with van der Waals surface area (Å²) in [5.41, 5.74) is -0.141. The van der Waals surface area contributed by atoms with E-state index < -0.39 is 5.60 Å². The standard InChI is InChI=1S/C15H15N3OS/c1-3-15(19)6-7-18(9-15)14-12-8-11(20-2)4-5-13(12)16-10-17-14/h1,4-5,8,10,19H,6-7,9H2,2H3. The van der Waals surface area contributed by atoms with Gasteiger partial charge in [0.1, 0.15) is 17.7 Å². The molecule has 0 aliphatic carbocycles. The number of nitrogens with zero attached hydrogens (tertiary/aromatic N) is 3. The zero-order chi connectivity index (χ0) is 14.2. The summed E-state index contributed by atoms with van der Waals surface area (Å²) in [6, 6.07) is 6.13. The highest BCUT2D eigenvalue weighted by Gasteiger charge is 2.35. The molecule has 0 radical (unpaired) electrons. The minimum atomic E-state index is -1.05. The molecule has 2 heterocycles. The monoisotopic (exact) mass is 285 g/mol. The lowest BCUT2D eigenvalue weighted by molar-refractivity contribution is 0.126. The van der Waals surface area contributed by atoms with E-state index in [1.807, 2.05) is 23.3 Å². The van der Waals surface area contributed by atoms with Gasteiger partial charge in [0.05, 0.1) is 12.1 Å². The van der Waals surface area contributed by atoms with Gasteiger partial charge in [-0.25, -0.2) is 9.97 Å². The van der Waals surface area contributed by atoms with Crippen LogP contribution in [0.25, 0.3) is 10.9 Å². The predicted octanol–water partition coefficient (Wildman–Crippen LogP) is 1.93. The molecule has 2 aromatic rings. The summed E-state index contributed by atoms with van der Waals surface area (Å²) in [7, 11) is 0. The second-order valence-electron chi connectivity index (χ2n) is 4.93. The quantitative estimate of drug-likeness (QED) is 0.675. The van der Waals surface area contributed by atoms with E-state index >= 15 is 0 Å². The number of fused-ring (bicyclic) bond motifs is 1. The molecule has 1 aliphatic rings. The van der Waals surface area contributed by atoms with Crippen LogP contribution in [0.4, 0.5) is 5.82 Å². The zero-order valence-corrected chi connectivity index (χ0v) is 12.0. The highest BCUT2D eigenvalue weighted by atomic mass is 32.2. The van der Waals surface area contributed by atoms with Crippen molar-refractivity contribution >= 4 is 28.5 Å². The Morgan fingerprint density at radius 2 is 2.30 bits per heavy atom. The maximum atomic E-state index is 10.2. The summed E-state index contributed by atoms with van der Waals surface area (Å²) in [5.74, 6) is 3.32. The molecule has 1 N–H and O–H groups in total. The van der Waals surface area contributed by atoms with Crippen LogP contribution in [0.5, 0.6) is 0 Å². The van der Waals surface area contributed by atoms with Crippen molar-refractivity contribution in [1.82, 2.24) is 9.97 Å². The molecule has 1 aromatic carbocycles. The first-order valence-electron chi connectivity index (χ1n) is 6.39. The highest BCUT2D eigenvalue weighted by molar-refractivity contribution is 7.98. The first-order valence-corrected chi connectivity index (χ1v) is 7.61. The van der Waals surface area contributed by atoms with Crippen LogP contribution in [0.2, 0.25) is 0 Å². The molecule has 3 rings (SSSR count). The zero-order valence-electron chi connectivity index (χ0n) is 11.2. The molecule has 5 heteroatoms. The van der Waals surface area contributed by atoms with Crippen molar-refractivity contribution in [3.05, 3.63) is 24.5 Å². The fraction of sp³-hybridized carbons (Fsp3) is 0.333. The lowest BCUT2D eigenvalue weighted by Gasteiger charge is -2.20. The van der Waals surface area contributed by atoms with Crippen molar-refractivity contribution in [1.29, 1.82) is 0 Å². The van der Waals surface area contributed by atoms with Crippen molar-refractivity contribution in [3.8, 4) is 12.3 Å². The van der Waals surface area contributed by atoms with Gasteiger partial charge in [0, 0.05) is 23.2 Å². The molecule has 1 unspecified atom stereocenters. The second kappa shape index (κ2) is 4.97. The number of β-amino-alcohol motifs (C(OH)–C–C–N with tert-alkyl or cyclic N) is 1. The number of terminal acetylenes is 1.